The molecule has 0 aliphatic carbocycles. The normalized spacial score (nSPS) is 10.5. The largest absolute Gasteiger partial charge is 0.496 e. The lowest BCUT2D eigenvalue weighted by atomic mass is 10.2. The van der Waals surface area contributed by atoms with E-state index in [4.69, 9.17) is 4.74 Å². The molecule has 5 heteroatoms. The summed E-state index contributed by atoms with van der Waals surface area (Å²) >= 11 is 0. The number of hydrogen-bond acceptors (Lipinski definition) is 3. The molecule has 4 nitrogen and oxygen atoms in total. The Morgan fingerprint density at radius 3 is 2.74 bits per heavy atom. The maximum Gasteiger partial charge on any atom is 0.153 e. The van der Waals surface area contributed by atoms with E-state index in [0.717, 1.165) is 12.0 Å². The van der Waals surface area contributed by atoms with Gasteiger partial charge < -0.3 is 4.74 Å². The van der Waals surface area contributed by atoms with Crippen LogP contribution >= 0.6 is 0 Å². The lowest BCUT2D eigenvalue weighted by molar-refractivity contribution is 0.112. The Kier molecular flexibility index (Phi) is 3.64. The molecule has 0 radical (unpaired) electrons. The van der Waals surface area contributed by atoms with E-state index in [9.17, 15) is 9.18 Å². The van der Waals surface area contributed by atoms with Crippen LogP contribution in [0.5, 0.6) is 5.75 Å². The molecule has 2 aromatic rings. The number of carbonyl (C=O) groups is 1. The number of aryl methyl sites for hydroxylation is 1. The topological polar surface area (TPSA) is 44.1 Å². The predicted octanol–water partition coefficient (Wildman–Crippen LogP) is 2.51. The van der Waals surface area contributed by atoms with Gasteiger partial charge in [0, 0.05) is 11.3 Å². The second kappa shape index (κ2) is 5.22. The molecule has 1 heterocycles. The first-order valence-electron chi connectivity index (χ1n) is 5.88. The van der Waals surface area contributed by atoms with Crippen LogP contribution in [-0.4, -0.2) is 23.2 Å². The second-order valence-electron chi connectivity index (χ2n) is 4.32. The van der Waals surface area contributed by atoms with Crippen LogP contribution in [0.2, 0.25) is 0 Å². The van der Waals surface area contributed by atoms with E-state index < -0.39 is 0 Å². The average molecular weight is 262 g/mol. The van der Waals surface area contributed by atoms with Gasteiger partial charge in [-0.05, 0) is 32.0 Å². The van der Waals surface area contributed by atoms with Gasteiger partial charge in [0.2, 0.25) is 0 Å². The van der Waals surface area contributed by atoms with Crippen molar-refractivity contribution >= 4 is 6.29 Å². The molecule has 0 aliphatic rings. The van der Waals surface area contributed by atoms with Crippen LogP contribution in [0.25, 0.3) is 0 Å². The molecule has 2 rings (SSSR count). The summed E-state index contributed by atoms with van der Waals surface area (Å²) in [5.74, 6) is 0.273. The number of hydrogen-bond donors (Lipinski definition) is 0. The molecule has 100 valence electrons. The van der Waals surface area contributed by atoms with Crippen molar-refractivity contribution in [1.82, 2.24) is 9.78 Å². The van der Waals surface area contributed by atoms with E-state index in [1.807, 2.05) is 6.92 Å². The van der Waals surface area contributed by atoms with Crippen molar-refractivity contribution in [3.8, 4) is 5.75 Å². The van der Waals surface area contributed by atoms with Crippen molar-refractivity contribution in [1.29, 1.82) is 0 Å². The third-order valence-electron chi connectivity index (χ3n) is 3.12. The number of carbonyl (C=O) groups excluding carboxylic acids is 1. The minimum absolute atomic E-state index is 0.326. The predicted molar refractivity (Wildman–Crippen MR) is 69.1 cm³/mol. The lowest BCUT2D eigenvalue weighted by Crippen LogP contribution is -2.06. The summed E-state index contributed by atoms with van der Waals surface area (Å²) in [5, 5.41) is 4.29. The van der Waals surface area contributed by atoms with Gasteiger partial charge in [0.05, 0.1) is 24.9 Å². The molecule has 0 saturated carbocycles. The fraction of sp³-hybridized carbons (Fsp3) is 0.286. The van der Waals surface area contributed by atoms with Crippen LogP contribution < -0.4 is 4.74 Å². The minimum atomic E-state index is -0.326. The highest BCUT2D eigenvalue weighted by molar-refractivity contribution is 5.78. The summed E-state index contributed by atoms with van der Waals surface area (Å²) in [7, 11) is 1.54. The van der Waals surface area contributed by atoms with Crippen LogP contribution in [0.4, 0.5) is 4.39 Å². The second-order valence-corrected chi connectivity index (χ2v) is 4.32. The first kappa shape index (κ1) is 13.3. The number of halogens is 1. The van der Waals surface area contributed by atoms with Crippen molar-refractivity contribution in [2.24, 2.45) is 0 Å². The minimum Gasteiger partial charge on any atom is -0.496 e. The van der Waals surface area contributed by atoms with E-state index in [1.54, 1.807) is 17.7 Å². The molecule has 0 N–H and O–H groups in total. The SMILES string of the molecule is COc1ccc(F)cc1Cn1nc(C)c(C=O)c1C. The fourth-order valence-corrected chi connectivity index (χ4v) is 2.07. The molecule has 0 bridgehead atoms. The Morgan fingerprint density at radius 1 is 1.42 bits per heavy atom. The number of aromatic nitrogens is 2. The molecule has 0 unspecified atom stereocenters. The van der Waals surface area contributed by atoms with Gasteiger partial charge >= 0.3 is 0 Å². The zero-order valence-electron chi connectivity index (χ0n) is 11.1. The van der Waals surface area contributed by atoms with Gasteiger partial charge in [-0.1, -0.05) is 0 Å². The van der Waals surface area contributed by atoms with Crippen molar-refractivity contribution in [3.63, 3.8) is 0 Å². The zero-order valence-corrected chi connectivity index (χ0v) is 11.1. The highest BCUT2D eigenvalue weighted by atomic mass is 19.1. The highest BCUT2D eigenvalue weighted by Crippen LogP contribution is 2.21. The molecular weight excluding hydrogens is 247 g/mol. The number of methoxy groups -OCH3 is 1. The summed E-state index contributed by atoms with van der Waals surface area (Å²) in [6.07, 6.45) is 0.789. The monoisotopic (exact) mass is 262 g/mol. The van der Waals surface area contributed by atoms with Gasteiger partial charge in [0.1, 0.15) is 11.6 Å². The summed E-state index contributed by atoms with van der Waals surface area (Å²) in [4.78, 5) is 11.0. The molecule has 0 saturated heterocycles. The average Bonchev–Trinajstić information content (AvgIpc) is 2.64. The summed E-state index contributed by atoms with van der Waals surface area (Å²) in [6, 6.07) is 4.34. The Bertz CT molecular complexity index is 620. The third-order valence-corrected chi connectivity index (χ3v) is 3.12. The Balaban J connectivity index is 2.41. The van der Waals surface area contributed by atoms with E-state index in [2.05, 4.69) is 5.10 Å². The van der Waals surface area contributed by atoms with Crippen molar-refractivity contribution < 1.29 is 13.9 Å². The molecule has 0 aliphatic heterocycles. The maximum atomic E-state index is 13.3. The first-order valence-corrected chi connectivity index (χ1v) is 5.88. The van der Waals surface area contributed by atoms with Gasteiger partial charge in [0.25, 0.3) is 0 Å². The number of rotatable bonds is 4. The van der Waals surface area contributed by atoms with Crippen LogP contribution in [0.1, 0.15) is 27.3 Å². The van der Waals surface area contributed by atoms with Gasteiger partial charge in [0.15, 0.2) is 6.29 Å². The Morgan fingerprint density at radius 2 is 2.16 bits per heavy atom. The van der Waals surface area contributed by atoms with Gasteiger partial charge in [-0.3, -0.25) is 9.48 Å². The number of benzene rings is 1. The van der Waals surface area contributed by atoms with Crippen molar-refractivity contribution in [2.75, 3.05) is 7.11 Å². The van der Waals surface area contributed by atoms with Crippen molar-refractivity contribution in [3.05, 3.63) is 46.5 Å². The fourth-order valence-electron chi connectivity index (χ4n) is 2.07. The molecule has 1 aromatic heterocycles. The lowest BCUT2D eigenvalue weighted by Gasteiger charge is -2.10. The molecule has 1 aromatic carbocycles. The van der Waals surface area contributed by atoms with E-state index >= 15 is 0 Å². The Labute approximate surface area is 110 Å². The summed E-state index contributed by atoms with van der Waals surface area (Å²) in [6.45, 7) is 3.95. The highest BCUT2D eigenvalue weighted by Gasteiger charge is 2.13. The number of ether oxygens (including phenoxy) is 1. The molecule has 19 heavy (non-hydrogen) atoms. The third kappa shape index (κ3) is 2.50. The van der Waals surface area contributed by atoms with Gasteiger partial charge in [-0.15, -0.1) is 0 Å². The molecule has 0 amide bonds. The van der Waals surface area contributed by atoms with E-state index in [1.165, 1.54) is 19.2 Å². The molecular formula is C14H15FN2O2. The van der Waals surface area contributed by atoms with E-state index in [0.29, 0.717) is 29.1 Å². The van der Waals surface area contributed by atoms with Gasteiger partial charge in [-0.25, -0.2) is 4.39 Å². The van der Waals surface area contributed by atoms with E-state index in [-0.39, 0.29) is 5.82 Å². The molecule has 0 atom stereocenters. The summed E-state index contributed by atoms with van der Waals surface area (Å²) in [5.41, 5.74) is 2.70. The smallest absolute Gasteiger partial charge is 0.153 e. The summed E-state index contributed by atoms with van der Waals surface area (Å²) < 4.78 is 20.2. The zero-order chi connectivity index (χ0) is 14.0. The first-order chi connectivity index (χ1) is 9.06. The van der Waals surface area contributed by atoms with Crippen LogP contribution in [0.3, 0.4) is 0 Å². The van der Waals surface area contributed by atoms with Crippen molar-refractivity contribution in [2.45, 2.75) is 20.4 Å². The number of aldehydes is 1. The van der Waals surface area contributed by atoms with Crippen LogP contribution in [0, 0.1) is 19.7 Å². The van der Waals surface area contributed by atoms with Crippen LogP contribution in [-0.2, 0) is 6.54 Å². The van der Waals surface area contributed by atoms with Crippen LogP contribution in [0.15, 0.2) is 18.2 Å². The number of nitrogens with zero attached hydrogens (tertiary/aromatic N) is 2. The Hall–Kier alpha value is -2.17. The van der Waals surface area contributed by atoms with Gasteiger partial charge in [-0.2, -0.15) is 5.10 Å². The quantitative estimate of drug-likeness (QED) is 0.795. The molecule has 0 spiro atoms. The maximum absolute atomic E-state index is 13.3. The standard InChI is InChI=1S/C14H15FN2O2/c1-9-13(8-18)10(2)17(16-9)7-11-6-12(15)4-5-14(11)19-3/h4-6,8H,7H2,1-3H3. The molecule has 0 fully saturated rings.